The van der Waals surface area contributed by atoms with E-state index in [-0.39, 0.29) is 0 Å². The first kappa shape index (κ1) is 13.8. The number of rotatable bonds is 2. The molecule has 1 N–H and O–H groups in total. The number of hydrogen-bond donors (Lipinski definition) is 1. The van der Waals surface area contributed by atoms with E-state index in [9.17, 15) is 4.79 Å². The third-order valence-electron chi connectivity index (χ3n) is 5.44. The van der Waals surface area contributed by atoms with Crippen LogP contribution in [0.3, 0.4) is 0 Å². The number of benzene rings is 1. The van der Waals surface area contributed by atoms with Gasteiger partial charge in [0.25, 0.3) is 0 Å². The van der Waals surface area contributed by atoms with E-state index in [2.05, 4.69) is 47.1 Å². The van der Waals surface area contributed by atoms with Crippen LogP contribution in [-0.4, -0.2) is 29.3 Å². The first-order valence-electron chi connectivity index (χ1n) is 8.24. The predicted molar refractivity (Wildman–Crippen MR) is 88.9 cm³/mol. The van der Waals surface area contributed by atoms with Crippen LogP contribution in [0.15, 0.2) is 35.9 Å². The number of nitrogens with zero attached hydrogens (tertiary/aromatic N) is 1. The minimum atomic E-state index is 0.404. The maximum atomic E-state index is 11.0. The molecule has 0 amide bonds. The molecular formula is C19H22N2O. The number of para-hydroxylation sites is 1. The summed E-state index contributed by atoms with van der Waals surface area (Å²) in [6, 6.07) is 9.04. The van der Waals surface area contributed by atoms with Gasteiger partial charge in [-0.05, 0) is 37.3 Å². The number of aldehydes is 1. The average molecular weight is 294 g/mol. The summed E-state index contributed by atoms with van der Waals surface area (Å²) in [7, 11) is 0. The zero-order chi connectivity index (χ0) is 15.1. The number of piperidine rings is 1. The monoisotopic (exact) mass is 294 g/mol. The van der Waals surface area contributed by atoms with Crippen molar-refractivity contribution in [2.24, 2.45) is 5.92 Å². The fourth-order valence-electron chi connectivity index (χ4n) is 4.30. The molecule has 4 rings (SSSR count). The third kappa shape index (κ3) is 2.03. The van der Waals surface area contributed by atoms with Crippen molar-refractivity contribution in [3.05, 3.63) is 47.2 Å². The Bertz CT molecular complexity index is 743. The van der Waals surface area contributed by atoms with Crippen LogP contribution in [0.25, 0.3) is 10.9 Å². The fraction of sp³-hybridized carbons (Fsp3) is 0.421. The minimum absolute atomic E-state index is 0.404. The number of hydrogen-bond acceptors (Lipinski definition) is 2. The van der Waals surface area contributed by atoms with Gasteiger partial charge < -0.3 is 9.78 Å². The van der Waals surface area contributed by atoms with Gasteiger partial charge in [0.15, 0.2) is 0 Å². The zero-order valence-electron chi connectivity index (χ0n) is 13.0. The molecule has 1 saturated heterocycles. The predicted octanol–water partition coefficient (Wildman–Crippen LogP) is 3.62. The SMILES string of the molecule is C/C=C1/CN2CCc3c([nH]c4ccccc34)[C@@H]2C[C@@H]1CC=O. The Kier molecular flexibility index (Phi) is 3.38. The third-order valence-corrected chi connectivity index (χ3v) is 5.44. The molecule has 0 aliphatic carbocycles. The topological polar surface area (TPSA) is 36.1 Å². The van der Waals surface area contributed by atoms with Crippen molar-refractivity contribution < 1.29 is 4.79 Å². The molecule has 1 aromatic heterocycles. The number of nitrogens with one attached hydrogen (secondary N) is 1. The number of fused-ring (bicyclic) bond motifs is 5. The molecule has 1 aromatic carbocycles. The summed E-state index contributed by atoms with van der Waals surface area (Å²) in [4.78, 5) is 17.3. The summed E-state index contributed by atoms with van der Waals surface area (Å²) in [6.07, 6.45) is 6.12. The molecule has 22 heavy (non-hydrogen) atoms. The van der Waals surface area contributed by atoms with Crippen molar-refractivity contribution in [2.45, 2.75) is 32.2 Å². The lowest BCUT2D eigenvalue weighted by molar-refractivity contribution is -0.108. The smallest absolute Gasteiger partial charge is 0.120 e. The Morgan fingerprint density at radius 3 is 3.05 bits per heavy atom. The average Bonchev–Trinajstić information content (AvgIpc) is 2.93. The highest BCUT2D eigenvalue weighted by atomic mass is 16.1. The molecular weight excluding hydrogens is 272 g/mol. The lowest BCUT2D eigenvalue weighted by Crippen LogP contribution is -2.42. The van der Waals surface area contributed by atoms with E-state index in [1.807, 2.05) is 0 Å². The standard InChI is InChI=1S/C19H22N2O/c1-2-13-12-21-9-7-16-15-5-3-4-6-17(15)20-19(16)18(21)11-14(13)8-10-22/h2-6,10,14,18,20H,7-9,11-12H2,1H3/b13-2-/t14-,18-/m0/s1. The van der Waals surface area contributed by atoms with Crippen LogP contribution in [-0.2, 0) is 11.2 Å². The van der Waals surface area contributed by atoms with Gasteiger partial charge in [0, 0.05) is 36.1 Å². The molecule has 0 saturated carbocycles. The molecule has 0 radical (unpaired) electrons. The minimum Gasteiger partial charge on any atom is -0.357 e. The van der Waals surface area contributed by atoms with Gasteiger partial charge in [-0.15, -0.1) is 0 Å². The molecule has 2 aliphatic heterocycles. The summed E-state index contributed by atoms with van der Waals surface area (Å²) < 4.78 is 0. The quantitative estimate of drug-likeness (QED) is 0.678. The van der Waals surface area contributed by atoms with Crippen LogP contribution in [0, 0.1) is 5.92 Å². The van der Waals surface area contributed by atoms with Crippen molar-refractivity contribution in [1.29, 1.82) is 0 Å². The number of carbonyl (C=O) groups excluding carboxylic acids is 1. The Balaban J connectivity index is 1.75. The van der Waals surface area contributed by atoms with E-state index in [1.165, 1.54) is 27.7 Å². The van der Waals surface area contributed by atoms with Crippen LogP contribution in [0.4, 0.5) is 0 Å². The molecule has 0 unspecified atom stereocenters. The van der Waals surface area contributed by atoms with Crippen molar-refractivity contribution >= 4 is 17.2 Å². The van der Waals surface area contributed by atoms with Crippen LogP contribution in [0.1, 0.15) is 37.1 Å². The molecule has 2 aliphatic rings. The fourth-order valence-corrected chi connectivity index (χ4v) is 4.30. The Morgan fingerprint density at radius 1 is 1.36 bits per heavy atom. The lowest BCUT2D eigenvalue weighted by atomic mass is 9.80. The van der Waals surface area contributed by atoms with Crippen LogP contribution < -0.4 is 0 Å². The molecule has 2 atom stereocenters. The summed E-state index contributed by atoms with van der Waals surface area (Å²) >= 11 is 0. The van der Waals surface area contributed by atoms with Crippen molar-refractivity contribution in [1.82, 2.24) is 9.88 Å². The van der Waals surface area contributed by atoms with Crippen LogP contribution in [0.5, 0.6) is 0 Å². The maximum absolute atomic E-state index is 11.0. The van der Waals surface area contributed by atoms with Crippen molar-refractivity contribution in [3.8, 4) is 0 Å². The largest absolute Gasteiger partial charge is 0.357 e. The maximum Gasteiger partial charge on any atom is 0.120 e. The summed E-state index contributed by atoms with van der Waals surface area (Å²) in [5.74, 6) is 0.404. The summed E-state index contributed by atoms with van der Waals surface area (Å²) in [5, 5.41) is 1.38. The van der Waals surface area contributed by atoms with Gasteiger partial charge in [0.05, 0.1) is 6.04 Å². The number of H-pyrrole nitrogens is 1. The second-order valence-electron chi connectivity index (χ2n) is 6.50. The molecule has 2 aromatic rings. The van der Waals surface area contributed by atoms with Gasteiger partial charge in [-0.3, -0.25) is 4.90 Å². The van der Waals surface area contributed by atoms with Gasteiger partial charge in [-0.1, -0.05) is 29.8 Å². The van der Waals surface area contributed by atoms with Crippen molar-refractivity contribution in [3.63, 3.8) is 0 Å². The second-order valence-corrected chi connectivity index (χ2v) is 6.50. The molecule has 0 bridgehead atoms. The first-order chi connectivity index (χ1) is 10.8. The van der Waals surface area contributed by atoms with E-state index in [0.717, 1.165) is 32.2 Å². The highest BCUT2D eigenvalue weighted by Gasteiger charge is 2.37. The normalized spacial score (nSPS) is 26.9. The molecule has 114 valence electrons. The number of allylic oxidation sites excluding steroid dienone is 1. The second kappa shape index (κ2) is 5.40. The van der Waals surface area contributed by atoms with E-state index < -0.39 is 0 Å². The Morgan fingerprint density at radius 2 is 2.23 bits per heavy atom. The lowest BCUT2D eigenvalue weighted by Gasteiger charge is -2.43. The molecule has 0 spiro atoms. The van der Waals surface area contributed by atoms with Crippen molar-refractivity contribution in [2.75, 3.05) is 13.1 Å². The molecule has 3 heteroatoms. The van der Waals surface area contributed by atoms with Gasteiger partial charge in [-0.2, -0.15) is 0 Å². The van der Waals surface area contributed by atoms with E-state index in [4.69, 9.17) is 0 Å². The highest BCUT2D eigenvalue weighted by molar-refractivity contribution is 5.85. The molecule has 1 fully saturated rings. The highest BCUT2D eigenvalue weighted by Crippen LogP contribution is 2.43. The van der Waals surface area contributed by atoms with Gasteiger partial charge in [0.1, 0.15) is 6.29 Å². The number of aromatic nitrogens is 1. The summed E-state index contributed by atoms with van der Waals surface area (Å²) in [5.41, 5.74) is 5.56. The van der Waals surface area contributed by atoms with E-state index in [1.54, 1.807) is 0 Å². The van der Waals surface area contributed by atoms with Crippen LogP contribution in [0.2, 0.25) is 0 Å². The number of carbonyl (C=O) groups is 1. The van der Waals surface area contributed by atoms with E-state index >= 15 is 0 Å². The molecule has 3 nitrogen and oxygen atoms in total. The van der Waals surface area contributed by atoms with Gasteiger partial charge in [-0.25, -0.2) is 0 Å². The first-order valence-corrected chi connectivity index (χ1v) is 8.24. The van der Waals surface area contributed by atoms with Gasteiger partial charge in [0.2, 0.25) is 0 Å². The number of aromatic amines is 1. The Labute approximate surface area is 131 Å². The van der Waals surface area contributed by atoms with E-state index in [0.29, 0.717) is 18.4 Å². The zero-order valence-corrected chi connectivity index (χ0v) is 13.0. The molecule has 3 heterocycles. The summed E-state index contributed by atoms with van der Waals surface area (Å²) in [6.45, 7) is 4.23. The van der Waals surface area contributed by atoms with Crippen LogP contribution >= 0.6 is 0 Å². The van der Waals surface area contributed by atoms with Gasteiger partial charge >= 0.3 is 0 Å². The Hall–Kier alpha value is -1.87.